The van der Waals surface area contributed by atoms with E-state index in [0.717, 1.165) is 22.1 Å². The Labute approximate surface area is 202 Å². The van der Waals surface area contributed by atoms with Crippen molar-refractivity contribution in [2.45, 2.75) is 30.4 Å². The maximum Gasteiger partial charge on any atom is 0.252 e. The first-order valence-electron chi connectivity index (χ1n) is 11.5. The average molecular weight is 475 g/mol. The highest BCUT2D eigenvalue weighted by atomic mass is 32.2. The number of benzene rings is 3. The molecule has 2 fully saturated rings. The fourth-order valence-corrected chi connectivity index (χ4v) is 5.75. The minimum atomic E-state index is -0.743. The van der Waals surface area contributed by atoms with Crippen LogP contribution in [0.25, 0.3) is 10.8 Å². The number of rotatable bonds is 7. The van der Waals surface area contributed by atoms with E-state index < -0.39 is 12.1 Å². The number of nitrogens with one attached hydrogen (secondary N) is 1. The van der Waals surface area contributed by atoms with E-state index in [1.807, 2.05) is 66.7 Å². The first kappa shape index (κ1) is 22.6. The van der Waals surface area contributed by atoms with E-state index in [4.69, 9.17) is 4.74 Å². The molecule has 2 saturated heterocycles. The molecule has 0 saturated carbocycles. The van der Waals surface area contributed by atoms with Crippen LogP contribution in [0.3, 0.4) is 0 Å². The van der Waals surface area contributed by atoms with Crippen LogP contribution in [0.1, 0.15) is 22.3 Å². The predicted molar refractivity (Wildman–Crippen MR) is 133 cm³/mol. The van der Waals surface area contributed by atoms with Gasteiger partial charge in [0.2, 0.25) is 5.91 Å². The van der Waals surface area contributed by atoms with Crippen molar-refractivity contribution in [1.29, 1.82) is 0 Å². The summed E-state index contributed by atoms with van der Waals surface area (Å²) in [7, 11) is 0. The molecule has 2 amide bonds. The number of likely N-dealkylation sites (tertiary alicyclic amines) is 1. The van der Waals surface area contributed by atoms with Gasteiger partial charge in [0, 0.05) is 23.6 Å². The second kappa shape index (κ2) is 9.99. The summed E-state index contributed by atoms with van der Waals surface area (Å²) in [4.78, 5) is 40.9. The number of carbonyl (C=O) groups excluding carboxylic acids is 3. The Bertz CT molecular complexity index is 1210. The van der Waals surface area contributed by atoms with E-state index >= 15 is 0 Å². The highest BCUT2D eigenvalue weighted by Crippen LogP contribution is 2.28. The molecule has 0 aromatic heterocycles. The summed E-state index contributed by atoms with van der Waals surface area (Å²) in [5.74, 6) is 0.559. The molecule has 0 radical (unpaired) electrons. The van der Waals surface area contributed by atoms with Crippen molar-refractivity contribution in [3.8, 4) is 0 Å². The molecule has 174 valence electrons. The largest absolute Gasteiger partial charge is 0.368 e. The van der Waals surface area contributed by atoms with Crippen molar-refractivity contribution in [3.05, 3.63) is 83.9 Å². The van der Waals surface area contributed by atoms with E-state index in [-0.39, 0.29) is 30.3 Å². The second-order valence-electron chi connectivity index (χ2n) is 8.63. The summed E-state index contributed by atoms with van der Waals surface area (Å²) in [6.45, 7) is 0.513. The molecular weight excluding hydrogens is 448 g/mol. The van der Waals surface area contributed by atoms with Crippen LogP contribution in [0.4, 0.5) is 0 Å². The minimum Gasteiger partial charge on any atom is -0.368 e. The van der Waals surface area contributed by atoms with E-state index in [1.165, 1.54) is 0 Å². The van der Waals surface area contributed by atoms with E-state index in [0.29, 0.717) is 24.3 Å². The molecule has 3 aromatic carbocycles. The zero-order valence-electron chi connectivity index (χ0n) is 18.7. The zero-order valence-corrected chi connectivity index (χ0v) is 19.5. The number of ether oxygens (including phenoxy) is 1. The first-order valence-corrected chi connectivity index (χ1v) is 12.6. The van der Waals surface area contributed by atoms with Crippen LogP contribution < -0.4 is 5.32 Å². The fraction of sp³-hybridized carbons (Fsp3) is 0.296. The molecule has 2 unspecified atom stereocenters. The van der Waals surface area contributed by atoms with Gasteiger partial charge in [0.15, 0.2) is 5.78 Å². The summed E-state index contributed by atoms with van der Waals surface area (Å²) in [6.07, 6.45) is 0.409. The first-order chi connectivity index (χ1) is 16.6. The summed E-state index contributed by atoms with van der Waals surface area (Å²) < 4.78 is 5.55. The Morgan fingerprint density at radius 1 is 1.03 bits per heavy atom. The lowest BCUT2D eigenvalue weighted by Gasteiger charge is -2.27. The van der Waals surface area contributed by atoms with Gasteiger partial charge in [0.1, 0.15) is 18.7 Å². The van der Waals surface area contributed by atoms with Crippen molar-refractivity contribution in [3.63, 3.8) is 0 Å². The Hall–Kier alpha value is -3.16. The number of fused-ring (bicyclic) bond motifs is 2. The molecule has 2 aliphatic heterocycles. The Balaban J connectivity index is 1.36. The van der Waals surface area contributed by atoms with E-state index in [9.17, 15) is 14.4 Å². The molecular formula is C27H26N2O4S. The maximum atomic E-state index is 13.6. The summed E-state index contributed by atoms with van der Waals surface area (Å²) in [6, 6.07) is 22.0. The van der Waals surface area contributed by atoms with Crippen LogP contribution in [0.2, 0.25) is 0 Å². The van der Waals surface area contributed by atoms with Crippen LogP contribution in [-0.4, -0.2) is 59.6 Å². The lowest BCUT2D eigenvalue weighted by Crippen LogP contribution is -2.53. The fourth-order valence-electron chi connectivity index (χ4n) is 4.74. The molecule has 1 N–H and O–H groups in total. The molecule has 5 rings (SSSR count). The molecule has 0 spiro atoms. The van der Waals surface area contributed by atoms with Gasteiger partial charge >= 0.3 is 0 Å². The normalized spacial score (nSPS) is 20.4. The number of carbonyl (C=O) groups is 3. The van der Waals surface area contributed by atoms with Crippen LogP contribution in [-0.2, 0) is 20.1 Å². The molecule has 0 aliphatic carbocycles. The van der Waals surface area contributed by atoms with Crippen LogP contribution >= 0.6 is 11.8 Å². The predicted octanol–water partition coefficient (Wildman–Crippen LogP) is 3.44. The Kier molecular flexibility index (Phi) is 6.65. The third kappa shape index (κ3) is 4.58. The number of Topliss-reactive ketones (excluding diaryl/α,β-unsaturated/α-hetero) is 1. The third-order valence-electron chi connectivity index (χ3n) is 6.43. The van der Waals surface area contributed by atoms with Crippen molar-refractivity contribution >= 4 is 40.1 Å². The average Bonchev–Trinajstić information content (AvgIpc) is 3.46. The van der Waals surface area contributed by atoms with Crippen molar-refractivity contribution in [1.82, 2.24) is 10.2 Å². The maximum absolute atomic E-state index is 13.6. The monoisotopic (exact) mass is 474 g/mol. The van der Waals surface area contributed by atoms with Crippen molar-refractivity contribution in [2.24, 2.45) is 0 Å². The van der Waals surface area contributed by atoms with Gasteiger partial charge in [-0.15, -0.1) is 0 Å². The van der Waals surface area contributed by atoms with Gasteiger partial charge in [0.25, 0.3) is 5.91 Å². The molecule has 3 aromatic rings. The Morgan fingerprint density at radius 2 is 1.79 bits per heavy atom. The molecule has 6 nitrogen and oxygen atoms in total. The van der Waals surface area contributed by atoms with Gasteiger partial charge in [-0.3, -0.25) is 14.4 Å². The van der Waals surface area contributed by atoms with Gasteiger partial charge in [-0.25, -0.2) is 0 Å². The van der Waals surface area contributed by atoms with Gasteiger partial charge in [0.05, 0.1) is 6.10 Å². The number of amides is 2. The molecule has 3 atom stereocenters. The number of nitrogens with zero attached hydrogens (tertiary/aromatic N) is 1. The van der Waals surface area contributed by atoms with Gasteiger partial charge in [-0.1, -0.05) is 66.7 Å². The number of ketones is 1. The smallest absolute Gasteiger partial charge is 0.252 e. The number of hydrogen-bond donors (Lipinski definition) is 1. The minimum absolute atomic E-state index is 0.0505. The van der Waals surface area contributed by atoms with E-state index in [2.05, 4.69) is 5.32 Å². The van der Waals surface area contributed by atoms with Gasteiger partial charge < -0.3 is 15.0 Å². The molecule has 2 heterocycles. The van der Waals surface area contributed by atoms with Crippen molar-refractivity contribution in [2.75, 3.05) is 18.9 Å². The Morgan fingerprint density at radius 3 is 2.65 bits per heavy atom. The number of hydrogen-bond acceptors (Lipinski definition) is 5. The lowest BCUT2D eigenvalue weighted by molar-refractivity contribution is -0.137. The number of thioether (sulfide) groups is 1. The van der Waals surface area contributed by atoms with Crippen LogP contribution in [0, 0.1) is 0 Å². The topological polar surface area (TPSA) is 75.7 Å². The van der Waals surface area contributed by atoms with Crippen molar-refractivity contribution < 1.29 is 19.1 Å². The van der Waals surface area contributed by atoms with E-state index in [1.54, 1.807) is 22.7 Å². The van der Waals surface area contributed by atoms with Gasteiger partial charge in [-0.2, -0.15) is 11.8 Å². The highest BCUT2D eigenvalue weighted by Gasteiger charge is 2.48. The van der Waals surface area contributed by atoms with Crippen LogP contribution in [0.15, 0.2) is 72.8 Å². The van der Waals surface area contributed by atoms with Gasteiger partial charge in [-0.05, 0) is 28.8 Å². The molecule has 0 bridgehead atoms. The third-order valence-corrected chi connectivity index (χ3v) is 7.54. The second-order valence-corrected chi connectivity index (χ2v) is 9.66. The summed E-state index contributed by atoms with van der Waals surface area (Å²) in [5.41, 5.74) is 1.68. The summed E-state index contributed by atoms with van der Waals surface area (Å²) >= 11 is 1.59. The summed E-state index contributed by atoms with van der Waals surface area (Å²) in [5, 5.41) is 4.78. The quantitative estimate of drug-likeness (QED) is 0.568. The molecule has 34 heavy (non-hydrogen) atoms. The van der Waals surface area contributed by atoms with Crippen LogP contribution in [0.5, 0.6) is 0 Å². The lowest BCUT2D eigenvalue weighted by atomic mass is 10.0. The highest BCUT2D eigenvalue weighted by molar-refractivity contribution is 7.98. The zero-order chi connectivity index (χ0) is 23.5. The molecule has 7 heteroatoms. The SMILES string of the molecule is O=C(NC(CSCc1ccccc1)C(=O)N1CCC2OCC(=O)[C@H]21)c1cccc2ccccc12. The standard InChI is InChI=1S/C27H26N2O4S/c30-23-15-33-24-13-14-29(25(23)24)27(32)22(17-34-16-18-7-2-1-3-8-18)28-26(31)21-12-6-10-19-9-4-5-11-20(19)21/h1-12,22,24-25H,13-17H2,(H,28,31)/t22?,24?,25-/m1/s1. The molecule has 2 aliphatic rings.